The summed E-state index contributed by atoms with van der Waals surface area (Å²) in [6.07, 6.45) is 1.92. The zero-order valence-electron chi connectivity index (χ0n) is 8.16. The molecule has 0 amide bonds. The molecule has 0 aliphatic carbocycles. The summed E-state index contributed by atoms with van der Waals surface area (Å²) < 4.78 is 1.82. The van der Waals surface area contributed by atoms with Gasteiger partial charge in [-0.15, -0.1) is 0 Å². The van der Waals surface area contributed by atoms with E-state index in [1.807, 2.05) is 17.9 Å². The quantitative estimate of drug-likeness (QED) is 0.703. The van der Waals surface area contributed by atoms with Gasteiger partial charge in [-0.2, -0.15) is 0 Å². The fourth-order valence-electron chi connectivity index (χ4n) is 1.34. The molecular formula is C8H10N4OS. The van der Waals surface area contributed by atoms with E-state index in [0.717, 1.165) is 5.16 Å². The Morgan fingerprint density at radius 3 is 2.79 bits per heavy atom. The van der Waals surface area contributed by atoms with Gasteiger partial charge in [-0.3, -0.25) is 4.79 Å². The second kappa shape index (κ2) is 3.13. The third-order valence-corrected chi connectivity index (χ3v) is 2.72. The molecule has 0 bridgehead atoms. The normalized spacial score (nSPS) is 11.1. The minimum absolute atomic E-state index is 0.177. The minimum Gasteiger partial charge on any atom is -0.309 e. The molecule has 6 heteroatoms. The summed E-state index contributed by atoms with van der Waals surface area (Å²) in [6.45, 7) is 1.76. The summed E-state index contributed by atoms with van der Waals surface area (Å²) in [5.41, 5.74) is 0.862. The summed E-state index contributed by atoms with van der Waals surface area (Å²) in [5, 5.41) is 0.795. The van der Waals surface area contributed by atoms with Crippen molar-refractivity contribution in [1.29, 1.82) is 0 Å². The van der Waals surface area contributed by atoms with Crippen molar-refractivity contribution in [2.45, 2.75) is 12.1 Å². The van der Waals surface area contributed by atoms with Crippen LogP contribution in [0.2, 0.25) is 0 Å². The zero-order chi connectivity index (χ0) is 10.3. The second-order valence-electron chi connectivity index (χ2n) is 2.98. The molecule has 0 spiro atoms. The number of aromatic amines is 1. The monoisotopic (exact) mass is 210 g/mol. The summed E-state index contributed by atoms with van der Waals surface area (Å²) in [6, 6.07) is 0. The molecule has 2 aromatic heterocycles. The molecule has 2 rings (SSSR count). The second-order valence-corrected chi connectivity index (χ2v) is 3.75. The first-order valence-electron chi connectivity index (χ1n) is 4.11. The zero-order valence-corrected chi connectivity index (χ0v) is 8.97. The van der Waals surface area contributed by atoms with Crippen molar-refractivity contribution in [3.8, 4) is 0 Å². The Bertz CT molecular complexity index is 542. The van der Waals surface area contributed by atoms with E-state index in [-0.39, 0.29) is 5.56 Å². The van der Waals surface area contributed by atoms with Gasteiger partial charge < -0.3 is 9.55 Å². The first kappa shape index (κ1) is 9.26. The maximum absolute atomic E-state index is 11.5. The summed E-state index contributed by atoms with van der Waals surface area (Å²) in [4.78, 5) is 22.6. The van der Waals surface area contributed by atoms with E-state index >= 15 is 0 Å². The number of fused-ring (bicyclic) bond motifs is 1. The fraction of sp³-hybridized carbons (Fsp3) is 0.375. The Kier molecular flexibility index (Phi) is 2.07. The average Bonchev–Trinajstić information content (AvgIpc) is 2.44. The highest BCUT2D eigenvalue weighted by Crippen LogP contribution is 2.16. The molecule has 0 fully saturated rings. The van der Waals surface area contributed by atoms with E-state index in [1.165, 1.54) is 11.8 Å². The predicted molar refractivity (Wildman–Crippen MR) is 55.6 cm³/mol. The number of hydrogen-bond donors (Lipinski definition) is 1. The lowest BCUT2D eigenvalue weighted by Gasteiger charge is -1.96. The molecule has 5 nitrogen and oxygen atoms in total. The van der Waals surface area contributed by atoms with E-state index in [4.69, 9.17) is 0 Å². The van der Waals surface area contributed by atoms with Gasteiger partial charge in [0.1, 0.15) is 5.82 Å². The third kappa shape index (κ3) is 1.22. The minimum atomic E-state index is -0.177. The number of nitrogens with zero attached hydrogens (tertiary/aromatic N) is 3. The van der Waals surface area contributed by atoms with Gasteiger partial charge in [0, 0.05) is 7.05 Å². The first-order valence-corrected chi connectivity index (χ1v) is 5.33. The van der Waals surface area contributed by atoms with Crippen LogP contribution in [0, 0.1) is 6.92 Å². The van der Waals surface area contributed by atoms with Crippen LogP contribution in [0.4, 0.5) is 0 Å². The Labute approximate surface area is 84.6 Å². The van der Waals surface area contributed by atoms with Crippen molar-refractivity contribution >= 4 is 22.9 Å². The van der Waals surface area contributed by atoms with Crippen LogP contribution in [0.25, 0.3) is 11.2 Å². The van der Waals surface area contributed by atoms with E-state index in [1.54, 1.807) is 6.92 Å². The Balaban J connectivity index is 2.92. The highest BCUT2D eigenvalue weighted by atomic mass is 32.2. The number of H-pyrrole nitrogens is 1. The lowest BCUT2D eigenvalue weighted by Crippen LogP contribution is -2.10. The molecule has 1 N–H and O–H groups in total. The highest BCUT2D eigenvalue weighted by molar-refractivity contribution is 7.98. The molecule has 0 saturated carbocycles. The first-order chi connectivity index (χ1) is 6.63. The van der Waals surface area contributed by atoms with Crippen LogP contribution in [0.15, 0.2) is 9.95 Å². The average molecular weight is 210 g/mol. The van der Waals surface area contributed by atoms with Crippen molar-refractivity contribution in [3.63, 3.8) is 0 Å². The molecule has 2 heterocycles. The number of imidazole rings is 1. The van der Waals surface area contributed by atoms with Gasteiger partial charge in [-0.25, -0.2) is 9.97 Å². The summed E-state index contributed by atoms with van der Waals surface area (Å²) in [5.74, 6) is 0.609. The molecule has 0 radical (unpaired) electrons. The van der Waals surface area contributed by atoms with E-state index in [2.05, 4.69) is 15.0 Å². The van der Waals surface area contributed by atoms with Crippen molar-refractivity contribution in [2.75, 3.05) is 6.26 Å². The number of aryl methyl sites for hydroxylation is 2. The third-order valence-electron chi connectivity index (χ3n) is 1.99. The topological polar surface area (TPSA) is 63.6 Å². The number of hydrogen-bond acceptors (Lipinski definition) is 4. The predicted octanol–water partition coefficient (Wildman–Crippen LogP) is 0.687. The van der Waals surface area contributed by atoms with Crippen LogP contribution < -0.4 is 5.56 Å². The van der Waals surface area contributed by atoms with Crippen LogP contribution in [0.3, 0.4) is 0 Å². The van der Waals surface area contributed by atoms with Gasteiger partial charge in [0.15, 0.2) is 16.3 Å². The summed E-state index contributed by atoms with van der Waals surface area (Å²) in [7, 11) is 1.85. The molecule has 0 aliphatic heterocycles. The Morgan fingerprint density at radius 1 is 1.43 bits per heavy atom. The van der Waals surface area contributed by atoms with Crippen LogP contribution >= 0.6 is 11.8 Å². The van der Waals surface area contributed by atoms with Gasteiger partial charge in [0.05, 0.1) is 0 Å². The molecule has 0 aliphatic rings. The molecule has 0 aromatic carbocycles. The van der Waals surface area contributed by atoms with Gasteiger partial charge in [0.25, 0.3) is 5.56 Å². The van der Waals surface area contributed by atoms with E-state index in [0.29, 0.717) is 17.0 Å². The van der Waals surface area contributed by atoms with Gasteiger partial charge in [0.2, 0.25) is 0 Å². The highest BCUT2D eigenvalue weighted by Gasteiger charge is 2.11. The molecule has 74 valence electrons. The molecule has 14 heavy (non-hydrogen) atoms. The number of rotatable bonds is 1. The fourth-order valence-corrected chi connectivity index (χ4v) is 1.89. The van der Waals surface area contributed by atoms with E-state index in [9.17, 15) is 4.79 Å². The lowest BCUT2D eigenvalue weighted by atomic mass is 10.5. The number of aromatic nitrogens is 4. The van der Waals surface area contributed by atoms with Crippen molar-refractivity contribution in [2.24, 2.45) is 7.05 Å². The van der Waals surface area contributed by atoms with Gasteiger partial charge in [-0.1, -0.05) is 11.8 Å². The Hall–Kier alpha value is -1.30. The SMILES string of the molecule is CSc1nc2c(=O)[nH]c(C)nc2n1C. The maximum Gasteiger partial charge on any atom is 0.279 e. The van der Waals surface area contributed by atoms with Crippen LogP contribution in [-0.4, -0.2) is 25.8 Å². The standard InChI is InChI=1S/C8H10N4OS/c1-4-9-6-5(7(13)10-4)11-8(14-3)12(6)2/h1-3H3,(H,9,10,13). The van der Waals surface area contributed by atoms with Crippen LogP contribution in [0.5, 0.6) is 0 Å². The molecule has 0 unspecified atom stereocenters. The van der Waals surface area contributed by atoms with Crippen molar-refractivity contribution in [1.82, 2.24) is 19.5 Å². The Morgan fingerprint density at radius 2 is 2.14 bits per heavy atom. The smallest absolute Gasteiger partial charge is 0.279 e. The van der Waals surface area contributed by atoms with Crippen LogP contribution in [-0.2, 0) is 7.05 Å². The summed E-state index contributed by atoms with van der Waals surface area (Å²) >= 11 is 1.49. The van der Waals surface area contributed by atoms with Gasteiger partial charge >= 0.3 is 0 Å². The maximum atomic E-state index is 11.5. The van der Waals surface area contributed by atoms with Crippen LogP contribution in [0.1, 0.15) is 5.82 Å². The largest absolute Gasteiger partial charge is 0.309 e. The van der Waals surface area contributed by atoms with Crippen molar-refractivity contribution in [3.05, 3.63) is 16.2 Å². The van der Waals surface area contributed by atoms with E-state index < -0.39 is 0 Å². The molecule has 2 aromatic rings. The number of thioether (sulfide) groups is 1. The molecule has 0 saturated heterocycles. The number of nitrogens with one attached hydrogen (secondary N) is 1. The molecule has 0 atom stereocenters. The lowest BCUT2D eigenvalue weighted by molar-refractivity contribution is 0.805. The molecular weight excluding hydrogens is 200 g/mol. The van der Waals surface area contributed by atoms with Crippen molar-refractivity contribution < 1.29 is 0 Å². The van der Waals surface area contributed by atoms with Gasteiger partial charge in [-0.05, 0) is 13.2 Å².